The lowest BCUT2D eigenvalue weighted by molar-refractivity contribution is 0.921. The number of halogens is 1. The molecule has 1 aromatic heterocycles. The predicted octanol–water partition coefficient (Wildman–Crippen LogP) is 7.16. The summed E-state index contributed by atoms with van der Waals surface area (Å²) in [5.41, 5.74) is 4.66. The molecule has 4 aromatic rings. The molecule has 0 spiro atoms. The molecule has 4 rings (SSSR count). The van der Waals surface area contributed by atoms with Crippen LogP contribution in [-0.2, 0) is 6.42 Å². The molecular formula is C23H21BrN2. The number of aryl methyl sites for hydroxylation is 2. The number of nitrogens with zero attached hydrogens (tertiary/aromatic N) is 1. The molecule has 0 aliphatic heterocycles. The van der Waals surface area contributed by atoms with Gasteiger partial charge < -0.3 is 5.32 Å². The monoisotopic (exact) mass is 404 g/mol. The third-order valence-electron chi connectivity index (χ3n) is 4.76. The minimum atomic E-state index is 0.895. The Labute approximate surface area is 162 Å². The van der Waals surface area contributed by atoms with Gasteiger partial charge in [0.25, 0.3) is 0 Å². The molecule has 0 unspecified atom stereocenters. The van der Waals surface area contributed by atoms with Gasteiger partial charge in [0.05, 0.1) is 11.2 Å². The van der Waals surface area contributed by atoms with Crippen molar-refractivity contribution in [3.05, 3.63) is 76.3 Å². The van der Waals surface area contributed by atoms with E-state index in [2.05, 4.69) is 89.7 Å². The molecule has 3 heteroatoms. The van der Waals surface area contributed by atoms with Crippen LogP contribution in [-0.4, -0.2) is 4.98 Å². The third-order valence-corrected chi connectivity index (χ3v) is 5.41. The van der Waals surface area contributed by atoms with E-state index in [1.54, 1.807) is 0 Å². The number of fused-ring (bicyclic) bond motifs is 3. The molecule has 1 N–H and O–H groups in total. The summed E-state index contributed by atoms with van der Waals surface area (Å²) in [4.78, 5) is 4.91. The molecule has 0 saturated heterocycles. The maximum atomic E-state index is 4.91. The third kappa shape index (κ3) is 3.08. The lowest BCUT2D eigenvalue weighted by Gasteiger charge is -2.14. The van der Waals surface area contributed by atoms with Crippen molar-refractivity contribution < 1.29 is 0 Å². The molecule has 130 valence electrons. The Balaban J connectivity index is 1.87. The van der Waals surface area contributed by atoms with Crippen LogP contribution in [0, 0.1) is 6.92 Å². The number of hydrogen-bond acceptors (Lipinski definition) is 2. The van der Waals surface area contributed by atoms with Gasteiger partial charge in [-0.25, -0.2) is 4.98 Å². The van der Waals surface area contributed by atoms with Gasteiger partial charge in [-0.05, 0) is 64.0 Å². The van der Waals surface area contributed by atoms with Gasteiger partial charge in [-0.2, -0.15) is 0 Å². The number of benzene rings is 3. The topological polar surface area (TPSA) is 24.9 Å². The van der Waals surface area contributed by atoms with E-state index >= 15 is 0 Å². The lowest BCUT2D eigenvalue weighted by atomic mass is 10.0. The van der Waals surface area contributed by atoms with Gasteiger partial charge in [-0.3, -0.25) is 0 Å². The Kier molecular flexibility index (Phi) is 4.64. The van der Waals surface area contributed by atoms with Crippen LogP contribution >= 0.6 is 15.9 Å². The second kappa shape index (κ2) is 7.08. The second-order valence-corrected chi connectivity index (χ2v) is 7.52. The van der Waals surface area contributed by atoms with E-state index in [0.29, 0.717) is 0 Å². The van der Waals surface area contributed by atoms with Crippen LogP contribution in [0.15, 0.2) is 65.1 Å². The number of hydrogen-bond donors (Lipinski definition) is 1. The van der Waals surface area contributed by atoms with Crippen molar-refractivity contribution in [1.29, 1.82) is 0 Å². The molecule has 0 atom stereocenters. The zero-order valence-electron chi connectivity index (χ0n) is 15.0. The van der Waals surface area contributed by atoms with Crippen LogP contribution in [0.2, 0.25) is 0 Å². The second-order valence-electron chi connectivity index (χ2n) is 6.66. The zero-order valence-corrected chi connectivity index (χ0v) is 16.6. The van der Waals surface area contributed by atoms with Crippen molar-refractivity contribution in [1.82, 2.24) is 4.98 Å². The Bertz CT molecular complexity index is 1100. The van der Waals surface area contributed by atoms with E-state index in [4.69, 9.17) is 4.98 Å². The summed E-state index contributed by atoms with van der Waals surface area (Å²) in [7, 11) is 0. The van der Waals surface area contributed by atoms with E-state index in [1.807, 2.05) is 6.07 Å². The first kappa shape index (κ1) is 17.0. The SMILES string of the molecule is CCCc1ccc(Nc2nc3ccccc3c3c(C)cccc23)c(Br)c1. The number of para-hydroxylation sites is 1. The predicted molar refractivity (Wildman–Crippen MR) is 115 cm³/mol. The molecule has 2 nitrogen and oxygen atoms in total. The molecule has 0 bridgehead atoms. The van der Waals surface area contributed by atoms with Crippen molar-refractivity contribution in [2.24, 2.45) is 0 Å². The van der Waals surface area contributed by atoms with Gasteiger partial charge >= 0.3 is 0 Å². The molecule has 26 heavy (non-hydrogen) atoms. The molecule has 0 saturated carbocycles. The molecule has 0 amide bonds. The van der Waals surface area contributed by atoms with Crippen LogP contribution < -0.4 is 5.32 Å². The standard InChI is InChI=1S/C23H21BrN2/c1-3-7-16-12-13-21(19(24)14-16)26-23-18-10-6-8-15(2)22(18)17-9-4-5-11-20(17)25-23/h4-6,8-14H,3,7H2,1-2H3,(H,25,26). The summed E-state index contributed by atoms with van der Waals surface area (Å²) in [6.07, 6.45) is 2.24. The molecule has 0 aliphatic rings. The average Bonchev–Trinajstić information content (AvgIpc) is 2.64. The number of aromatic nitrogens is 1. The Morgan fingerprint density at radius 2 is 1.77 bits per heavy atom. The number of rotatable bonds is 4. The summed E-state index contributed by atoms with van der Waals surface area (Å²) in [5.74, 6) is 0.895. The lowest BCUT2D eigenvalue weighted by Crippen LogP contribution is -1.98. The molecule has 3 aromatic carbocycles. The average molecular weight is 405 g/mol. The maximum Gasteiger partial charge on any atom is 0.139 e. The highest BCUT2D eigenvalue weighted by molar-refractivity contribution is 9.10. The first-order chi connectivity index (χ1) is 12.7. The van der Waals surface area contributed by atoms with E-state index in [0.717, 1.165) is 39.7 Å². The summed E-state index contributed by atoms with van der Waals surface area (Å²) in [6, 6.07) is 21.3. The highest BCUT2D eigenvalue weighted by atomic mass is 79.9. The Hall–Kier alpha value is -2.39. The van der Waals surface area contributed by atoms with Gasteiger partial charge in [0, 0.05) is 15.2 Å². The van der Waals surface area contributed by atoms with Crippen LogP contribution in [0.4, 0.5) is 11.5 Å². The maximum absolute atomic E-state index is 4.91. The summed E-state index contributed by atoms with van der Waals surface area (Å²) < 4.78 is 1.07. The van der Waals surface area contributed by atoms with Crippen LogP contribution in [0.5, 0.6) is 0 Å². The van der Waals surface area contributed by atoms with E-state index < -0.39 is 0 Å². The van der Waals surface area contributed by atoms with Crippen molar-refractivity contribution in [2.45, 2.75) is 26.7 Å². The largest absolute Gasteiger partial charge is 0.339 e. The molecule has 0 radical (unpaired) electrons. The van der Waals surface area contributed by atoms with Crippen molar-refractivity contribution in [3.8, 4) is 0 Å². The van der Waals surface area contributed by atoms with E-state index in [-0.39, 0.29) is 0 Å². The zero-order chi connectivity index (χ0) is 18.1. The van der Waals surface area contributed by atoms with Gasteiger partial charge in [0.15, 0.2) is 0 Å². The van der Waals surface area contributed by atoms with Crippen molar-refractivity contribution in [2.75, 3.05) is 5.32 Å². The van der Waals surface area contributed by atoms with Crippen molar-refractivity contribution in [3.63, 3.8) is 0 Å². The summed E-state index contributed by atoms with van der Waals surface area (Å²) in [5, 5.41) is 7.15. The first-order valence-corrected chi connectivity index (χ1v) is 9.80. The van der Waals surface area contributed by atoms with Gasteiger partial charge in [-0.1, -0.05) is 55.8 Å². The normalized spacial score (nSPS) is 11.2. The Morgan fingerprint density at radius 3 is 2.58 bits per heavy atom. The smallest absolute Gasteiger partial charge is 0.139 e. The van der Waals surface area contributed by atoms with Gasteiger partial charge in [-0.15, -0.1) is 0 Å². The van der Waals surface area contributed by atoms with E-state index in [9.17, 15) is 0 Å². The molecular weight excluding hydrogens is 384 g/mol. The van der Waals surface area contributed by atoms with E-state index in [1.165, 1.54) is 21.9 Å². The van der Waals surface area contributed by atoms with Gasteiger partial charge in [0.2, 0.25) is 0 Å². The fourth-order valence-corrected chi connectivity index (χ4v) is 4.04. The highest BCUT2D eigenvalue weighted by Gasteiger charge is 2.11. The molecule has 1 heterocycles. The van der Waals surface area contributed by atoms with Crippen LogP contribution in [0.3, 0.4) is 0 Å². The summed E-state index contributed by atoms with van der Waals surface area (Å²) in [6.45, 7) is 4.36. The van der Waals surface area contributed by atoms with Crippen molar-refractivity contribution >= 4 is 49.1 Å². The minimum absolute atomic E-state index is 0.895. The van der Waals surface area contributed by atoms with Crippen LogP contribution in [0.25, 0.3) is 21.7 Å². The van der Waals surface area contributed by atoms with Gasteiger partial charge in [0.1, 0.15) is 5.82 Å². The highest BCUT2D eigenvalue weighted by Crippen LogP contribution is 2.34. The fraction of sp³-hybridized carbons (Fsp3) is 0.174. The first-order valence-electron chi connectivity index (χ1n) is 9.01. The number of anilines is 2. The molecule has 0 fully saturated rings. The molecule has 0 aliphatic carbocycles. The number of pyridine rings is 1. The quantitative estimate of drug-likeness (QED) is 0.365. The Morgan fingerprint density at radius 1 is 0.962 bits per heavy atom. The summed E-state index contributed by atoms with van der Waals surface area (Å²) >= 11 is 3.71. The fourth-order valence-electron chi connectivity index (χ4n) is 3.51. The number of nitrogens with one attached hydrogen (secondary N) is 1. The minimum Gasteiger partial charge on any atom is -0.339 e. The van der Waals surface area contributed by atoms with Crippen LogP contribution in [0.1, 0.15) is 24.5 Å².